The predicted molar refractivity (Wildman–Crippen MR) is 92.5 cm³/mol. The van der Waals surface area contributed by atoms with Crippen LogP contribution in [0.1, 0.15) is 22.8 Å². The maximum absolute atomic E-state index is 10.7. The Kier molecular flexibility index (Phi) is 4.00. The molecule has 1 aromatic heterocycles. The highest BCUT2D eigenvalue weighted by molar-refractivity contribution is 9.11. The highest BCUT2D eigenvalue weighted by Crippen LogP contribution is 2.37. The molecule has 20 heavy (non-hydrogen) atoms. The highest BCUT2D eigenvalue weighted by Gasteiger charge is 2.16. The molecular formula is C16H12Br2OS. The smallest absolute Gasteiger partial charge is 0.105 e. The van der Waals surface area contributed by atoms with Gasteiger partial charge in [0.1, 0.15) is 6.10 Å². The summed E-state index contributed by atoms with van der Waals surface area (Å²) in [4.78, 5) is 0. The van der Waals surface area contributed by atoms with E-state index in [-0.39, 0.29) is 0 Å². The van der Waals surface area contributed by atoms with E-state index in [9.17, 15) is 5.11 Å². The van der Waals surface area contributed by atoms with Gasteiger partial charge in [0.05, 0.1) is 0 Å². The fourth-order valence-corrected chi connectivity index (χ4v) is 4.62. The van der Waals surface area contributed by atoms with Crippen LogP contribution >= 0.6 is 43.2 Å². The number of hydrogen-bond donors (Lipinski definition) is 1. The van der Waals surface area contributed by atoms with Crippen LogP contribution in [0.25, 0.3) is 10.1 Å². The number of aliphatic hydroxyl groups is 1. The number of fused-ring (bicyclic) bond motifs is 1. The van der Waals surface area contributed by atoms with Gasteiger partial charge in [0.2, 0.25) is 0 Å². The zero-order chi connectivity index (χ0) is 14.3. The summed E-state index contributed by atoms with van der Waals surface area (Å²) < 4.78 is 3.24. The van der Waals surface area contributed by atoms with Crippen LogP contribution in [0.15, 0.2) is 50.7 Å². The van der Waals surface area contributed by atoms with Gasteiger partial charge in [0.15, 0.2) is 0 Å². The molecule has 0 saturated carbocycles. The van der Waals surface area contributed by atoms with E-state index in [2.05, 4.69) is 37.9 Å². The standard InChI is InChI=1S/C16H12Br2OS/c1-9-5-10(7-11(17)6-9)15(19)13-8-20-16-12(13)3-2-4-14(16)18/h2-8,15,19H,1H3. The van der Waals surface area contributed by atoms with Gasteiger partial charge < -0.3 is 5.11 Å². The molecule has 0 fully saturated rings. The fraction of sp³-hybridized carbons (Fsp3) is 0.125. The molecule has 0 radical (unpaired) electrons. The second kappa shape index (κ2) is 5.60. The van der Waals surface area contributed by atoms with Crippen LogP contribution in [-0.2, 0) is 0 Å². The van der Waals surface area contributed by atoms with Crippen LogP contribution in [0, 0.1) is 6.92 Å². The van der Waals surface area contributed by atoms with Crippen molar-refractivity contribution in [2.45, 2.75) is 13.0 Å². The highest BCUT2D eigenvalue weighted by atomic mass is 79.9. The maximum Gasteiger partial charge on any atom is 0.105 e. The average Bonchev–Trinajstić information content (AvgIpc) is 2.82. The number of aryl methyl sites for hydroxylation is 1. The molecule has 1 nitrogen and oxygen atoms in total. The van der Waals surface area contributed by atoms with Crippen molar-refractivity contribution in [3.63, 3.8) is 0 Å². The minimum Gasteiger partial charge on any atom is -0.384 e. The van der Waals surface area contributed by atoms with Gasteiger partial charge in [-0.3, -0.25) is 0 Å². The van der Waals surface area contributed by atoms with E-state index in [1.54, 1.807) is 11.3 Å². The second-order valence-electron chi connectivity index (χ2n) is 4.77. The Hall–Kier alpha value is -0.680. The molecule has 1 atom stereocenters. The number of thiophene rings is 1. The van der Waals surface area contributed by atoms with Gasteiger partial charge in [-0.2, -0.15) is 0 Å². The molecule has 0 saturated heterocycles. The third kappa shape index (κ3) is 2.58. The van der Waals surface area contributed by atoms with Crippen molar-refractivity contribution in [3.05, 3.63) is 67.4 Å². The number of hydrogen-bond acceptors (Lipinski definition) is 2. The van der Waals surface area contributed by atoms with Gasteiger partial charge in [-0.25, -0.2) is 0 Å². The topological polar surface area (TPSA) is 20.2 Å². The van der Waals surface area contributed by atoms with E-state index in [0.717, 1.165) is 31.0 Å². The molecule has 0 aliphatic heterocycles. The molecule has 3 rings (SSSR count). The molecule has 0 bridgehead atoms. The summed E-state index contributed by atoms with van der Waals surface area (Å²) in [6, 6.07) is 12.1. The third-order valence-electron chi connectivity index (χ3n) is 3.26. The van der Waals surface area contributed by atoms with Gasteiger partial charge in [-0.1, -0.05) is 34.1 Å². The van der Waals surface area contributed by atoms with Crippen molar-refractivity contribution >= 4 is 53.3 Å². The lowest BCUT2D eigenvalue weighted by Crippen LogP contribution is -1.99. The van der Waals surface area contributed by atoms with Crippen LogP contribution in [0.3, 0.4) is 0 Å². The van der Waals surface area contributed by atoms with Crippen molar-refractivity contribution in [2.75, 3.05) is 0 Å². The molecule has 102 valence electrons. The SMILES string of the molecule is Cc1cc(Br)cc(C(O)c2csc3c(Br)cccc23)c1. The van der Waals surface area contributed by atoms with Crippen molar-refractivity contribution in [3.8, 4) is 0 Å². The molecule has 0 amide bonds. The lowest BCUT2D eigenvalue weighted by atomic mass is 9.99. The van der Waals surface area contributed by atoms with Gasteiger partial charge >= 0.3 is 0 Å². The summed E-state index contributed by atoms with van der Waals surface area (Å²) in [7, 11) is 0. The van der Waals surface area contributed by atoms with Crippen molar-refractivity contribution in [2.24, 2.45) is 0 Å². The first-order chi connectivity index (χ1) is 9.56. The van der Waals surface area contributed by atoms with Gasteiger partial charge in [0, 0.05) is 19.2 Å². The van der Waals surface area contributed by atoms with E-state index < -0.39 is 6.10 Å². The van der Waals surface area contributed by atoms with Gasteiger partial charge in [-0.15, -0.1) is 11.3 Å². The van der Waals surface area contributed by atoms with Crippen molar-refractivity contribution < 1.29 is 5.11 Å². The zero-order valence-corrected chi connectivity index (χ0v) is 14.7. The normalized spacial score (nSPS) is 12.8. The summed E-state index contributed by atoms with van der Waals surface area (Å²) in [5.41, 5.74) is 3.01. The minimum atomic E-state index is -0.603. The monoisotopic (exact) mass is 410 g/mol. The predicted octanol–water partition coefficient (Wildman–Crippen LogP) is 5.82. The lowest BCUT2D eigenvalue weighted by Gasteiger charge is -2.12. The number of benzene rings is 2. The summed E-state index contributed by atoms with van der Waals surface area (Å²) in [5.74, 6) is 0. The van der Waals surface area contributed by atoms with E-state index in [4.69, 9.17) is 0 Å². The first-order valence-corrected chi connectivity index (χ1v) is 8.63. The third-order valence-corrected chi connectivity index (χ3v) is 5.68. The average molecular weight is 412 g/mol. The van der Waals surface area contributed by atoms with Crippen molar-refractivity contribution in [1.29, 1.82) is 0 Å². The Balaban J connectivity index is 2.13. The van der Waals surface area contributed by atoms with E-state index >= 15 is 0 Å². The van der Waals surface area contributed by atoms with Crippen molar-refractivity contribution in [1.82, 2.24) is 0 Å². The fourth-order valence-electron chi connectivity index (χ4n) is 2.36. The zero-order valence-electron chi connectivity index (χ0n) is 10.7. The lowest BCUT2D eigenvalue weighted by molar-refractivity contribution is 0.222. The van der Waals surface area contributed by atoms with Crippen LogP contribution in [-0.4, -0.2) is 5.11 Å². The summed E-state index contributed by atoms with van der Waals surface area (Å²) >= 11 is 8.70. The Bertz CT molecular complexity index is 759. The Morgan fingerprint density at radius 1 is 1.15 bits per heavy atom. The van der Waals surface area contributed by atoms with Crippen LogP contribution in [0.4, 0.5) is 0 Å². The molecule has 0 aliphatic rings. The maximum atomic E-state index is 10.7. The van der Waals surface area contributed by atoms with E-state index in [1.165, 1.54) is 4.70 Å². The van der Waals surface area contributed by atoms with Gasteiger partial charge in [0.25, 0.3) is 0 Å². The molecule has 3 aromatic rings. The minimum absolute atomic E-state index is 0.603. The molecule has 2 aromatic carbocycles. The van der Waals surface area contributed by atoms with Crippen LogP contribution < -0.4 is 0 Å². The second-order valence-corrected chi connectivity index (χ2v) is 7.42. The Morgan fingerprint density at radius 3 is 2.70 bits per heavy atom. The summed E-state index contributed by atoms with van der Waals surface area (Å²) in [6.07, 6.45) is -0.603. The largest absolute Gasteiger partial charge is 0.384 e. The first-order valence-electron chi connectivity index (χ1n) is 6.17. The number of aliphatic hydroxyl groups excluding tert-OH is 1. The molecular weight excluding hydrogens is 400 g/mol. The molecule has 1 heterocycles. The molecule has 0 aliphatic carbocycles. The Labute approximate surface area is 138 Å². The molecule has 4 heteroatoms. The summed E-state index contributed by atoms with van der Waals surface area (Å²) in [5, 5.41) is 13.8. The number of halogens is 2. The van der Waals surface area contributed by atoms with E-state index in [1.807, 2.05) is 42.6 Å². The van der Waals surface area contributed by atoms with Crippen LogP contribution in [0.2, 0.25) is 0 Å². The summed E-state index contributed by atoms with van der Waals surface area (Å²) in [6.45, 7) is 2.03. The molecule has 1 unspecified atom stereocenters. The first kappa shape index (κ1) is 14.3. The molecule has 0 spiro atoms. The van der Waals surface area contributed by atoms with Gasteiger partial charge in [-0.05, 0) is 62.9 Å². The quantitative estimate of drug-likeness (QED) is 0.563. The number of rotatable bonds is 2. The van der Waals surface area contributed by atoms with E-state index in [0.29, 0.717) is 0 Å². The van der Waals surface area contributed by atoms with Crippen LogP contribution in [0.5, 0.6) is 0 Å². The Morgan fingerprint density at radius 2 is 1.95 bits per heavy atom. The molecule has 1 N–H and O–H groups in total.